The number of fused-ring (bicyclic) bond motifs is 1. The Morgan fingerprint density at radius 2 is 2.00 bits per heavy atom. The van der Waals surface area contributed by atoms with Gasteiger partial charge in [-0.15, -0.1) is 0 Å². The molecule has 0 radical (unpaired) electrons. The summed E-state index contributed by atoms with van der Waals surface area (Å²) < 4.78 is 48.3. The Labute approximate surface area is 196 Å². The quantitative estimate of drug-likeness (QED) is 0.564. The fraction of sp³-hybridized carbons (Fsp3) is 0.560. The maximum atomic E-state index is 13.8. The molecule has 180 valence electrons. The van der Waals surface area contributed by atoms with Crippen molar-refractivity contribution >= 4 is 21.9 Å². The molecule has 0 N–H and O–H groups in total. The number of anilines is 1. The minimum absolute atomic E-state index is 0.128. The number of benzene rings is 1. The highest BCUT2D eigenvalue weighted by molar-refractivity contribution is 7.89. The highest BCUT2D eigenvalue weighted by Crippen LogP contribution is 2.35. The van der Waals surface area contributed by atoms with Crippen molar-refractivity contribution in [1.29, 1.82) is 0 Å². The number of nitrogens with zero attached hydrogens (tertiary/aromatic N) is 3. The molecular weight excluding hydrogens is 441 g/mol. The van der Waals surface area contributed by atoms with Crippen LogP contribution in [0, 0.1) is 17.8 Å². The molecule has 1 unspecified atom stereocenters. The summed E-state index contributed by atoms with van der Waals surface area (Å²) in [6.45, 7) is 8.58. The van der Waals surface area contributed by atoms with Gasteiger partial charge in [0.1, 0.15) is 5.83 Å². The third-order valence-electron chi connectivity index (χ3n) is 6.48. The smallest absolute Gasteiger partial charge is 0.264 e. The SMILES string of the molecule is CC(C)CN(C1=CC=C(F)CC1C)S(=O)(=O)c1ccc2c(c1)CC=NN2CC1CCOCC1. The summed E-state index contributed by atoms with van der Waals surface area (Å²) in [5.74, 6) is 0.220. The van der Waals surface area contributed by atoms with Crippen molar-refractivity contribution in [3.8, 4) is 0 Å². The summed E-state index contributed by atoms with van der Waals surface area (Å²) in [7, 11) is -3.79. The lowest BCUT2D eigenvalue weighted by Gasteiger charge is -2.34. The highest BCUT2D eigenvalue weighted by atomic mass is 32.2. The molecule has 1 aromatic rings. The summed E-state index contributed by atoms with van der Waals surface area (Å²) in [6, 6.07) is 5.35. The van der Waals surface area contributed by atoms with E-state index in [0.717, 1.165) is 43.9 Å². The Bertz CT molecular complexity index is 1060. The second-order valence-electron chi connectivity index (χ2n) is 9.67. The second-order valence-corrected chi connectivity index (χ2v) is 11.5. The highest BCUT2D eigenvalue weighted by Gasteiger charge is 2.32. The predicted octanol–water partition coefficient (Wildman–Crippen LogP) is 4.89. The lowest BCUT2D eigenvalue weighted by molar-refractivity contribution is 0.0682. The Hall–Kier alpha value is -2.19. The zero-order valence-corrected chi connectivity index (χ0v) is 20.5. The first-order chi connectivity index (χ1) is 15.8. The summed E-state index contributed by atoms with van der Waals surface area (Å²) in [6.07, 6.45) is 7.70. The molecule has 1 fully saturated rings. The summed E-state index contributed by atoms with van der Waals surface area (Å²) in [5, 5.41) is 6.57. The monoisotopic (exact) mass is 475 g/mol. The Morgan fingerprint density at radius 1 is 1.24 bits per heavy atom. The number of hydrogen-bond donors (Lipinski definition) is 0. The molecule has 3 aliphatic rings. The van der Waals surface area contributed by atoms with Gasteiger partial charge in [-0.2, -0.15) is 5.10 Å². The van der Waals surface area contributed by atoms with E-state index in [-0.39, 0.29) is 29.0 Å². The van der Waals surface area contributed by atoms with Crippen LogP contribution >= 0.6 is 0 Å². The predicted molar refractivity (Wildman–Crippen MR) is 129 cm³/mol. The zero-order chi connectivity index (χ0) is 23.6. The number of halogens is 1. The first-order valence-corrected chi connectivity index (χ1v) is 13.3. The van der Waals surface area contributed by atoms with E-state index < -0.39 is 10.0 Å². The van der Waals surface area contributed by atoms with Crippen LogP contribution in [0.5, 0.6) is 0 Å². The number of ether oxygens (including phenoxy) is 1. The number of hydrogen-bond acceptors (Lipinski definition) is 5. The third kappa shape index (κ3) is 5.32. The summed E-state index contributed by atoms with van der Waals surface area (Å²) in [5.41, 5.74) is 2.57. The summed E-state index contributed by atoms with van der Waals surface area (Å²) >= 11 is 0. The van der Waals surface area contributed by atoms with Gasteiger partial charge in [0, 0.05) is 57.0 Å². The number of allylic oxidation sites excluding steroid dienone is 4. The van der Waals surface area contributed by atoms with Gasteiger partial charge >= 0.3 is 0 Å². The van der Waals surface area contributed by atoms with Crippen LogP contribution in [0.25, 0.3) is 0 Å². The van der Waals surface area contributed by atoms with Gasteiger partial charge in [-0.25, -0.2) is 12.8 Å². The van der Waals surface area contributed by atoms with E-state index in [1.165, 1.54) is 10.4 Å². The lowest BCUT2D eigenvalue weighted by Crippen LogP contribution is -2.36. The normalized spacial score (nSPS) is 21.6. The van der Waals surface area contributed by atoms with Crippen LogP contribution in [0.2, 0.25) is 0 Å². The third-order valence-corrected chi connectivity index (χ3v) is 8.27. The van der Waals surface area contributed by atoms with E-state index >= 15 is 0 Å². The minimum Gasteiger partial charge on any atom is -0.381 e. The Balaban J connectivity index is 1.63. The van der Waals surface area contributed by atoms with Crippen LogP contribution < -0.4 is 5.01 Å². The van der Waals surface area contributed by atoms with Gasteiger partial charge in [0.2, 0.25) is 0 Å². The maximum absolute atomic E-state index is 13.8. The molecule has 33 heavy (non-hydrogen) atoms. The van der Waals surface area contributed by atoms with Crippen LogP contribution in [0.3, 0.4) is 0 Å². The van der Waals surface area contributed by atoms with Gasteiger partial charge in [0.15, 0.2) is 0 Å². The van der Waals surface area contributed by atoms with Crippen LogP contribution in [0.15, 0.2) is 51.9 Å². The van der Waals surface area contributed by atoms with Crippen LogP contribution in [0.4, 0.5) is 10.1 Å². The van der Waals surface area contributed by atoms with Crippen molar-refractivity contribution < 1.29 is 17.5 Å². The van der Waals surface area contributed by atoms with E-state index in [9.17, 15) is 12.8 Å². The molecule has 0 saturated carbocycles. The largest absolute Gasteiger partial charge is 0.381 e. The molecule has 1 aromatic carbocycles. The maximum Gasteiger partial charge on any atom is 0.264 e. The molecule has 1 saturated heterocycles. The van der Waals surface area contributed by atoms with Gasteiger partial charge in [0.05, 0.1) is 10.6 Å². The average Bonchev–Trinajstić information content (AvgIpc) is 2.78. The topological polar surface area (TPSA) is 62.2 Å². The molecule has 2 aliphatic heterocycles. The molecular formula is C25H34FN3O3S. The van der Waals surface area contributed by atoms with Crippen molar-refractivity contribution in [3.05, 3.63) is 47.4 Å². The standard InChI is InChI=1S/C25H34FN3O3S/c1-18(2)16-29(24-6-4-22(26)14-19(24)3)33(30,31)23-5-7-25-21(15-23)8-11-27-28(25)17-20-9-12-32-13-10-20/h4-7,11,15,18-20H,8-10,12-14,16-17H2,1-3H3. The average molecular weight is 476 g/mol. The van der Waals surface area contributed by atoms with Crippen molar-refractivity contribution in [3.63, 3.8) is 0 Å². The van der Waals surface area contributed by atoms with E-state index in [1.54, 1.807) is 18.2 Å². The van der Waals surface area contributed by atoms with E-state index in [4.69, 9.17) is 4.74 Å². The van der Waals surface area contributed by atoms with E-state index in [1.807, 2.05) is 38.1 Å². The van der Waals surface area contributed by atoms with Crippen molar-refractivity contribution in [2.45, 2.75) is 51.3 Å². The van der Waals surface area contributed by atoms with Crippen LogP contribution in [-0.2, 0) is 21.2 Å². The molecule has 8 heteroatoms. The first kappa shape index (κ1) is 24.0. The van der Waals surface area contributed by atoms with Crippen molar-refractivity contribution in [2.75, 3.05) is 31.3 Å². The molecule has 0 amide bonds. The fourth-order valence-electron chi connectivity index (χ4n) is 4.69. The number of sulfonamides is 1. The fourth-order valence-corrected chi connectivity index (χ4v) is 6.49. The second kappa shape index (κ2) is 9.97. The van der Waals surface area contributed by atoms with Gasteiger partial charge < -0.3 is 4.74 Å². The van der Waals surface area contributed by atoms with Crippen molar-refractivity contribution in [2.24, 2.45) is 22.9 Å². The van der Waals surface area contributed by atoms with Gasteiger partial charge in [0.25, 0.3) is 10.0 Å². The molecule has 0 spiro atoms. The Kier molecular flexibility index (Phi) is 7.24. The number of rotatable bonds is 7. The molecule has 2 heterocycles. The molecule has 1 atom stereocenters. The van der Waals surface area contributed by atoms with Gasteiger partial charge in [-0.05, 0) is 60.6 Å². The van der Waals surface area contributed by atoms with E-state index in [0.29, 0.717) is 24.6 Å². The van der Waals surface area contributed by atoms with Gasteiger partial charge in [-0.3, -0.25) is 9.31 Å². The Morgan fingerprint density at radius 3 is 2.70 bits per heavy atom. The zero-order valence-electron chi connectivity index (χ0n) is 19.7. The lowest BCUT2D eigenvalue weighted by atomic mass is 9.98. The minimum atomic E-state index is -3.79. The molecule has 4 rings (SSSR count). The van der Waals surface area contributed by atoms with Crippen LogP contribution in [-0.4, -0.2) is 45.2 Å². The van der Waals surface area contributed by atoms with Crippen LogP contribution in [0.1, 0.15) is 45.6 Å². The molecule has 0 bridgehead atoms. The van der Waals surface area contributed by atoms with Gasteiger partial charge in [-0.1, -0.05) is 20.8 Å². The van der Waals surface area contributed by atoms with E-state index in [2.05, 4.69) is 5.10 Å². The molecule has 0 aromatic heterocycles. The number of hydrazone groups is 1. The molecule has 1 aliphatic carbocycles. The molecule has 6 nitrogen and oxygen atoms in total. The van der Waals surface area contributed by atoms with Crippen molar-refractivity contribution in [1.82, 2.24) is 4.31 Å². The summed E-state index contributed by atoms with van der Waals surface area (Å²) in [4.78, 5) is 0.270. The first-order valence-electron chi connectivity index (χ1n) is 11.9.